The Morgan fingerprint density at radius 2 is 1.68 bits per heavy atom. The highest BCUT2D eigenvalue weighted by Crippen LogP contribution is 2.34. The number of benzene rings is 2. The van der Waals surface area contributed by atoms with Crippen molar-refractivity contribution in [3.63, 3.8) is 0 Å². The van der Waals surface area contributed by atoms with Gasteiger partial charge in [-0.25, -0.2) is 4.99 Å². The molecule has 0 amide bonds. The second-order valence-corrected chi connectivity index (χ2v) is 8.22. The lowest BCUT2D eigenvalue weighted by Gasteiger charge is -2.14. The number of methoxy groups -OCH3 is 4. The van der Waals surface area contributed by atoms with Crippen LogP contribution in [0.2, 0.25) is 0 Å². The Kier molecular flexibility index (Phi) is 7.49. The zero-order valence-electron chi connectivity index (χ0n) is 19.6. The van der Waals surface area contributed by atoms with Gasteiger partial charge in [-0.15, -0.1) is 11.3 Å². The Labute approximate surface area is 202 Å². The molecule has 2 heterocycles. The molecule has 0 unspecified atom stereocenters. The fourth-order valence-electron chi connectivity index (χ4n) is 3.67. The normalized spacial score (nSPS) is 11.4. The van der Waals surface area contributed by atoms with E-state index in [4.69, 9.17) is 23.9 Å². The summed E-state index contributed by atoms with van der Waals surface area (Å²) in [6.45, 7) is 0.702. The molecule has 2 aromatic heterocycles. The van der Waals surface area contributed by atoms with Crippen LogP contribution in [0.15, 0.2) is 71.3 Å². The Hall–Kier alpha value is -3.78. The topological polar surface area (TPSA) is 67.1 Å². The van der Waals surface area contributed by atoms with Crippen molar-refractivity contribution in [2.75, 3.05) is 28.4 Å². The first-order chi connectivity index (χ1) is 16.7. The van der Waals surface area contributed by atoms with Crippen molar-refractivity contribution >= 4 is 17.0 Å². The fraction of sp³-hybridized carbons (Fsp3) is 0.231. The predicted molar refractivity (Wildman–Crippen MR) is 134 cm³/mol. The molecule has 4 rings (SSSR count). The maximum absolute atomic E-state index is 5.67. The summed E-state index contributed by atoms with van der Waals surface area (Å²) in [4.78, 5) is 9.92. The van der Waals surface area contributed by atoms with Crippen molar-refractivity contribution in [1.82, 2.24) is 9.55 Å². The summed E-state index contributed by atoms with van der Waals surface area (Å²) in [6.07, 6.45) is 4.27. The molecule has 8 heteroatoms. The lowest BCUT2D eigenvalue weighted by atomic mass is 10.1. The number of hydrogen-bond donors (Lipinski definition) is 0. The predicted octanol–water partition coefficient (Wildman–Crippen LogP) is 5.12. The largest absolute Gasteiger partial charge is 0.497 e. The molecule has 7 nitrogen and oxygen atoms in total. The van der Waals surface area contributed by atoms with Gasteiger partial charge >= 0.3 is 0 Å². The maximum atomic E-state index is 5.67. The van der Waals surface area contributed by atoms with Gasteiger partial charge in [0.2, 0.25) is 0 Å². The van der Waals surface area contributed by atoms with E-state index in [9.17, 15) is 0 Å². The second kappa shape index (κ2) is 10.9. The summed E-state index contributed by atoms with van der Waals surface area (Å²) >= 11 is 1.57. The number of aromatic nitrogens is 2. The van der Waals surface area contributed by atoms with Gasteiger partial charge in [-0.1, -0.05) is 6.07 Å². The standard InChI is InChI=1S/C26H27N3O4S/c1-30-20-8-10-23(31-2)21(15-20)22-17-34-26(28-19-6-5-12-27-16-19)29(22)13-11-18-7-9-24(32-3)25(14-18)33-4/h5-10,12,14-17H,11,13H2,1-4H3. The number of pyridine rings is 1. The van der Waals surface area contributed by atoms with Crippen LogP contribution in [-0.4, -0.2) is 38.0 Å². The van der Waals surface area contributed by atoms with Gasteiger partial charge in [0.1, 0.15) is 11.5 Å². The molecular weight excluding hydrogens is 450 g/mol. The Morgan fingerprint density at radius 1 is 0.882 bits per heavy atom. The third-order valence-corrected chi connectivity index (χ3v) is 6.29. The molecule has 34 heavy (non-hydrogen) atoms. The van der Waals surface area contributed by atoms with Gasteiger partial charge in [-0.3, -0.25) is 4.98 Å². The van der Waals surface area contributed by atoms with Crippen LogP contribution in [0.25, 0.3) is 11.3 Å². The molecule has 0 saturated carbocycles. The zero-order valence-corrected chi connectivity index (χ0v) is 20.5. The Bertz CT molecular complexity index is 1320. The number of hydrogen-bond acceptors (Lipinski definition) is 7. The average molecular weight is 478 g/mol. The monoisotopic (exact) mass is 477 g/mol. The van der Waals surface area contributed by atoms with Gasteiger partial charge in [0.05, 0.1) is 46.0 Å². The molecule has 0 atom stereocenters. The van der Waals surface area contributed by atoms with Crippen LogP contribution in [0, 0.1) is 0 Å². The molecule has 0 aliphatic rings. The highest BCUT2D eigenvalue weighted by Gasteiger charge is 2.15. The van der Waals surface area contributed by atoms with Gasteiger partial charge in [-0.05, 0) is 54.4 Å². The van der Waals surface area contributed by atoms with Crippen LogP contribution in [0.3, 0.4) is 0 Å². The lowest BCUT2D eigenvalue weighted by Crippen LogP contribution is -2.17. The van der Waals surface area contributed by atoms with Crippen LogP contribution in [0.1, 0.15) is 5.56 Å². The van der Waals surface area contributed by atoms with Gasteiger partial charge < -0.3 is 23.5 Å². The highest BCUT2D eigenvalue weighted by atomic mass is 32.1. The molecular formula is C26H27N3O4S. The summed E-state index contributed by atoms with van der Waals surface area (Å²) in [5.41, 5.74) is 3.88. The van der Waals surface area contributed by atoms with E-state index in [0.717, 1.165) is 45.2 Å². The van der Waals surface area contributed by atoms with E-state index in [1.165, 1.54) is 0 Å². The molecule has 0 fully saturated rings. The minimum absolute atomic E-state index is 0.702. The van der Waals surface area contributed by atoms with Crippen LogP contribution >= 0.6 is 11.3 Å². The van der Waals surface area contributed by atoms with Gasteiger partial charge in [0.25, 0.3) is 0 Å². The van der Waals surface area contributed by atoms with E-state index in [1.807, 2.05) is 42.5 Å². The molecule has 4 aromatic rings. The highest BCUT2D eigenvalue weighted by molar-refractivity contribution is 7.07. The quantitative estimate of drug-likeness (QED) is 0.335. The Balaban J connectivity index is 1.78. The number of rotatable bonds is 9. The number of nitrogens with zero attached hydrogens (tertiary/aromatic N) is 3. The van der Waals surface area contributed by atoms with Crippen molar-refractivity contribution < 1.29 is 18.9 Å². The van der Waals surface area contributed by atoms with E-state index < -0.39 is 0 Å². The molecule has 176 valence electrons. The first-order valence-corrected chi connectivity index (χ1v) is 11.6. The molecule has 0 spiro atoms. The first kappa shape index (κ1) is 23.4. The van der Waals surface area contributed by atoms with Crippen molar-refractivity contribution in [1.29, 1.82) is 0 Å². The van der Waals surface area contributed by atoms with E-state index in [2.05, 4.69) is 21.0 Å². The molecule has 0 saturated heterocycles. The van der Waals surface area contributed by atoms with Crippen LogP contribution in [-0.2, 0) is 13.0 Å². The minimum Gasteiger partial charge on any atom is -0.497 e. The molecule has 0 aliphatic heterocycles. The van der Waals surface area contributed by atoms with E-state index in [0.29, 0.717) is 18.0 Å². The maximum Gasteiger partial charge on any atom is 0.190 e. The minimum atomic E-state index is 0.702. The molecule has 0 radical (unpaired) electrons. The molecule has 0 aliphatic carbocycles. The fourth-order valence-corrected chi connectivity index (χ4v) is 4.62. The second-order valence-electron chi connectivity index (χ2n) is 7.38. The molecule has 0 N–H and O–H groups in total. The van der Waals surface area contributed by atoms with Gasteiger partial charge in [0.15, 0.2) is 16.3 Å². The number of aryl methyl sites for hydroxylation is 1. The zero-order chi connectivity index (χ0) is 23.9. The Morgan fingerprint density at radius 3 is 2.38 bits per heavy atom. The van der Waals surface area contributed by atoms with E-state index in [-0.39, 0.29) is 0 Å². The summed E-state index contributed by atoms with van der Waals surface area (Å²) in [5.74, 6) is 2.96. The molecule has 0 bridgehead atoms. The lowest BCUT2D eigenvalue weighted by molar-refractivity contribution is 0.354. The summed E-state index contributed by atoms with van der Waals surface area (Å²) in [5, 5.41) is 2.10. The van der Waals surface area contributed by atoms with Crippen molar-refractivity contribution in [2.24, 2.45) is 4.99 Å². The smallest absolute Gasteiger partial charge is 0.190 e. The van der Waals surface area contributed by atoms with E-state index >= 15 is 0 Å². The van der Waals surface area contributed by atoms with Crippen molar-refractivity contribution in [2.45, 2.75) is 13.0 Å². The SMILES string of the molecule is COc1ccc(OC)c(-c2csc(=Nc3cccnc3)n2CCc2ccc(OC)c(OC)c2)c1. The van der Waals surface area contributed by atoms with Gasteiger partial charge in [-0.2, -0.15) is 0 Å². The van der Waals surface area contributed by atoms with Crippen LogP contribution in [0.4, 0.5) is 5.69 Å². The third-order valence-electron chi connectivity index (χ3n) is 5.42. The number of thiazole rings is 1. The van der Waals surface area contributed by atoms with Crippen molar-refractivity contribution in [3.8, 4) is 34.3 Å². The average Bonchev–Trinajstić information content (AvgIpc) is 3.29. The van der Waals surface area contributed by atoms with Crippen LogP contribution in [0.5, 0.6) is 23.0 Å². The third kappa shape index (κ3) is 5.07. The van der Waals surface area contributed by atoms with Crippen molar-refractivity contribution in [3.05, 3.63) is 76.7 Å². The summed E-state index contributed by atoms with van der Waals surface area (Å²) < 4.78 is 24.2. The van der Waals surface area contributed by atoms with Gasteiger partial charge in [0, 0.05) is 23.7 Å². The number of ether oxygens (including phenoxy) is 4. The summed E-state index contributed by atoms with van der Waals surface area (Å²) in [7, 11) is 6.62. The van der Waals surface area contributed by atoms with Crippen LogP contribution < -0.4 is 23.7 Å². The summed E-state index contributed by atoms with van der Waals surface area (Å²) in [6, 6.07) is 15.6. The van der Waals surface area contributed by atoms with E-state index in [1.54, 1.807) is 52.2 Å². The first-order valence-electron chi connectivity index (χ1n) is 10.7. The molecule has 2 aromatic carbocycles.